The van der Waals surface area contributed by atoms with E-state index in [2.05, 4.69) is 14.7 Å². The molecule has 0 saturated carbocycles. The molecule has 0 aromatic carbocycles. The summed E-state index contributed by atoms with van der Waals surface area (Å²) in [5.74, 6) is 0.540. The number of rotatable bonds is 3. The number of hydrogen-bond acceptors (Lipinski definition) is 7. The summed E-state index contributed by atoms with van der Waals surface area (Å²) >= 11 is 1.32. The number of carbonyl (C=O) groups is 1. The zero-order valence-electron chi connectivity index (χ0n) is 9.97. The summed E-state index contributed by atoms with van der Waals surface area (Å²) in [5.41, 5.74) is 0. The van der Waals surface area contributed by atoms with Gasteiger partial charge in [0.25, 0.3) is 0 Å². The molecule has 0 amide bonds. The Morgan fingerprint density at radius 1 is 1.71 bits per heavy atom. The molecule has 2 heterocycles. The van der Waals surface area contributed by atoms with Crippen molar-refractivity contribution in [1.29, 1.82) is 0 Å². The molecule has 1 fully saturated rings. The number of hydrogen-bond donors (Lipinski definition) is 1. The van der Waals surface area contributed by atoms with Gasteiger partial charge in [0.05, 0.1) is 6.61 Å². The topological polar surface area (TPSA) is 67.3 Å². The van der Waals surface area contributed by atoms with Crippen LogP contribution in [0, 0.1) is 6.92 Å². The molecule has 0 spiro atoms. The van der Waals surface area contributed by atoms with Gasteiger partial charge in [-0.25, -0.2) is 9.78 Å². The predicted molar refractivity (Wildman–Crippen MR) is 65.3 cm³/mol. The smallest absolute Gasteiger partial charge is 0.330 e. The second kappa shape index (κ2) is 5.42. The van der Waals surface area contributed by atoms with Gasteiger partial charge in [-0.05, 0) is 13.8 Å². The van der Waals surface area contributed by atoms with E-state index in [9.17, 15) is 4.79 Å². The highest BCUT2D eigenvalue weighted by molar-refractivity contribution is 7.09. The summed E-state index contributed by atoms with van der Waals surface area (Å²) in [6.45, 7) is 6.25. The molecule has 1 aliphatic heterocycles. The van der Waals surface area contributed by atoms with Crippen LogP contribution in [0.3, 0.4) is 0 Å². The molecule has 1 aromatic rings. The molecule has 1 N–H and O–H groups in total. The Morgan fingerprint density at radius 3 is 3.18 bits per heavy atom. The molecule has 0 radical (unpaired) electrons. The van der Waals surface area contributed by atoms with Gasteiger partial charge in [0.15, 0.2) is 0 Å². The number of carbonyl (C=O) groups excluding carboxylic acids is 1. The normalized spacial score (nSPS) is 20.4. The minimum absolute atomic E-state index is 0.201. The molecule has 1 atom stereocenters. The van der Waals surface area contributed by atoms with E-state index in [0.29, 0.717) is 13.2 Å². The number of esters is 1. The minimum atomic E-state index is -0.295. The molecule has 7 heteroatoms. The van der Waals surface area contributed by atoms with Gasteiger partial charge in [0.2, 0.25) is 5.13 Å². The van der Waals surface area contributed by atoms with Gasteiger partial charge in [-0.15, -0.1) is 0 Å². The molecule has 1 aromatic heterocycles. The van der Waals surface area contributed by atoms with Crippen LogP contribution in [0.25, 0.3) is 0 Å². The zero-order valence-corrected chi connectivity index (χ0v) is 10.8. The van der Waals surface area contributed by atoms with Crippen molar-refractivity contribution >= 4 is 22.6 Å². The molecule has 2 rings (SSSR count). The first kappa shape index (κ1) is 12.3. The first-order chi connectivity index (χ1) is 8.22. The van der Waals surface area contributed by atoms with E-state index in [-0.39, 0.29) is 12.0 Å². The predicted octanol–water partition coefficient (Wildman–Crippen LogP) is 0.188. The number of nitrogens with one attached hydrogen (secondary N) is 1. The van der Waals surface area contributed by atoms with Crippen molar-refractivity contribution in [3.8, 4) is 0 Å². The van der Waals surface area contributed by atoms with Crippen molar-refractivity contribution in [2.75, 3.05) is 31.1 Å². The third-order valence-electron chi connectivity index (χ3n) is 2.56. The standard InChI is InChI=1S/C10H16N4O2S/c1-3-16-9(15)8-6-11-4-5-14(8)10-12-7(2)13-17-10/h8,11H,3-6H2,1-2H3. The number of aryl methyl sites for hydroxylation is 1. The molecular formula is C10H16N4O2S. The first-order valence-corrected chi connectivity index (χ1v) is 6.44. The Hall–Kier alpha value is -1.21. The Morgan fingerprint density at radius 2 is 2.53 bits per heavy atom. The fraction of sp³-hybridized carbons (Fsp3) is 0.700. The lowest BCUT2D eigenvalue weighted by molar-refractivity contribution is -0.144. The highest BCUT2D eigenvalue weighted by Crippen LogP contribution is 2.21. The van der Waals surface area contributed by atoms with Crippen LogP contribution in [0.5, 0.6) is 0 Å². The molecular weight excluding hydrogens is 240 g/mol. The Labute approximate surface area is 104 Å². The van der Waals surface area contributed by atoms with Crippen LogP contribution in [0.4, 0.5) is 5.13 Å². The lowest BCUT2D eigenvalue weighted by atomic mass is 10.2. The highest BCUT2D eigenvalue weighted by Gasteiger charge is 2.31. The van der Waals surface area contributed by atoms with Crippen LogP contribution in [0.1, 0.15) is 12.7 Å². The van der Waals surface area contributed by atoms with E-state index < -0.39 is 0 Å². The summed E-state index contributed by atoms with van der Waals surface area (Å²) in [6, 6.07) is -0.295. The molecule has 1 unspecified atom stereocenters. The van der Waals surface area contributed by atoms with Crippen molar-refractivity contribution in [3.63, 3.8) is 0 Å². The summed E-state index contributed by atoms with van der Waals surface area (Å²) < 4.78 is 9.22. The molecule has 0 aliphatic carbocycles. The molecule has 6 nitrogen and oxygen atoms in total. The SMILES string of the molecule is CCOC(=O)C1CNCCN1c1nc(C)ns1. The largest absolute Gasteiger partial charge is 0.464 e. The van der Waals surface area contributed by atoms with Gasteiger partial charge in [-0.1, -0.05) is 0 Å². The van der Waals surface area contributed by atoms with Crippen LogP contribution < -0.4 is 10.2 Å². The van der Waals surface area contributed by atoms with E-state index in [1.807, 2.05) is 18.7 Å². The second-order valence-electron chi connectivity index (χ2n) is 3.79. The maximum absolute atomic E-state index is 11.8. The fourth-order valence-corrected chi connectivity index (χ4v) is 2.54. The summed E-state index contributed by atoms with van der Waals surface area (Å²) in [4.78, 5) is 18.1. The first-order valence-electron chi connectivity index (χ1n) is 5.66. The maximum atomic E-state index is 11.8. The van der Waals surface area contributed by atoms with Gasteiger partial charge in [-0.2, -0.15) is 4.37 Å². The van der Waals surface area contributed by atoms with Crippen molar-refractivity contribution in [3.05, 3.63) is 5.82 Å². The van der Waals surface area contributed by atoms with Crippen molar-refractivity contribution in [2.24, 2.45) is 0 Å². The van der Waals surface area contributed by atoms with Gasteiger partial charge >= 0.3 is 5.97 Å². The van der Waals surface area contributed by atoms with Crippen LogP contribution in [-0.2, 0) is 9.53 Å². The lowest BCUT2D eigenvalue weighted by Crippen LogP contribution is -2.55. The monoisotopic (exact) mass is 256 g/mol. The second-order valence-corrected chi connectivity index (χ2v) is 4.52. The molecule has 0 bridgehead atoms. The molecule has 94 valence electrons. The van der Waals surface area contributed by atoms with Crippen LogP contribution in [0.2, 0.25) is 0 Å². The molecule has 1 aliphatic rings. The van der Waals surface area contributed by atoms with Crippen molar-refractivity contribution in [2.45, 2.75) is 19.9 Å². The van der Waals surface area contributed by atoms with E-state index in [4.69, 9.17) is 4.74 Å². The lowest BCUT2D eigenvalue weighted by Gasteiger charge is -2.33. The van der Waals surface area contributed by atoms with E-state index in [1.165, 1.54) is 11.5 Å². The maximum Gasteiger partial charge on any atom is 0.330 e. The van der Waals surface area contributed by atoms with Crippen LogP contribution in [-0.4, -0.2) is 47.6 Å². The van der Waals surface area contributed by atoms with Gasteiger partial charge in [0.1, 0.15) is 11.9 Å². The average molecular weight is 256 g/mol. The number of nitrogens with zero attached hydrogens (tertiary/aromatic N) is 3. The van der Waals surface area contributed by atoms with Crippen molar-refractivity contribution < 1.29 is 9.53 Å². The van der Waals surface area contributed by atoms with Gasteiger partial charge < -0.3 is 15.0 Å². The molecule has 1 saturated heterocycles. The Bertz CT molecular complexity index is 395. The quantitative estimate of drug-likeness (QED) is 0.779. The van der Waals surface area contributed by atoms with E-state index in [0.717, 1.165) is 24.0 Å². The number of aromatic nitrogens is 2. The number of piperazine rings is 1. The average Bonchev–Trinajstić information content (AvgIpc) is 2.76. The van der Waals surface area contributed by atoms with E-state index >= 15 is 0 Å². The Kier molecular flexibility index (Phi) is 3.90. The van der Waals surface area contributed by atoms with Gasteiger partial charge in [0, 0.05) is 31.2 Å². The van der Waals surface area contributed by atoms with E-state index in [1.54, 1.807) is 0 Å². The van der Waals surface area contributed by atoms with Crippen LogP contribution in [0.15, 0.2) is 0 Å². The van der Waals surface area contributed by atoms with Gasteiger partial charge in [-0.3, -0.25) is 0 Å². The summed E-state index contributed by atoms with van der Waals surface area (Å²) in [7, 11) is 0. The third kappa shape index (κ3) is 2.73. The van der Waals surface area contributed by atoms with Crippen molar-refractivity contribution in [1.82, 2.24) is 14.7 Å². The highest BCUT2D eigenvalue weighted by atomic mass is 32.1. The molecule has 17 heavy (non-hydrogen) atoms. The third-order valence-corrected chi connectivity index (χ3v) is 3.41. The van der Waals surface area contributed by atoms with Crippen LogP contribution >= 0.6 is 11.5 Å². The Balaban J connectivity index is 2.14. The fourth-order valence-electron chi connectivity index (χ4n) is 1.79. The summed E-state index contributed by atoms with van der Waals surface area (Å²) in [6.07, 6.45) is 0. The minimum Gasteiger partial charge on any atom is -0.464 e. The number of anilines is 1. The summed E-state index contributed by atoms with van der Waals surface area (Å²) in [5, 5.41) is 3.99. The number of ether oxygens (including phenoxy) is 1. The zero-order chi connectivity index (χ0) is 12.3.